The minimum atomic E-state index is -0.818. The summed E-state index contributed by atoms with van der Waals surface area (Å²) >= 11 is 0. The third kappa shape index (κ3) is 5.44. The third-order valence-electron chi connectivity index (χ3n) is 8.18. The fraction of sp³-hybridized carbons (Fsp3) is 0.333. The van der Waals surface area contributed by atoms with Gasteiger partial charge in [0, 0.05) is 31.1 Å². The molecule has 3 aromatic carbocycles. The molecule has 2 N–H and O–H groups in total. The van der Waals surface area contributed by atoms with E-state index in [9.17, 15) is 23.6 Å². The zero-order valence-corrected chi connectivity index (χ0v) is 24.1. The van der Waals surface area contributed by atoms with E-state index in [4.69, 9.17) is 14.2 Å². The molecule has 44 heavy (non-hydrogen) atoms. The summed E-state index contributed by atoms with van der Waals surface area (Å²) in [5.74, 6) is -1.72. The summed E-state index contributed by atoms with van der Waals surface area (Å²) < 4.78 is 31.6. The lowest BCUT2D eigenvalue weighted by Gasteiger charge is -2.33. The van der Waals surface area contributed by atoms with Crippen molar-refractivity contribution in [2.24, 2.45) is 0 Å². The van der Waals surface area contributed by atoms with Crippen LogP contribution in [0.15, 0.2) is 66.7 Å². The van der Waals surface area contributed by atoms with Gasteiger partial charge in [0.15, 0.2) is 6.29 Å². The molecular formula is C33H32FN3O7. The molecule has 3 aliphatic rings. The Labute approximate surface area is 253 Å². The predicted octanol–water partition coefficient (Wildman–Crippen LogP) is 3.46. The number of halogens is 1. The maximum atomic E-state index is 14.1. The van der Waals surface area contributed by atoms with E-state index >= 15 is 0 Å². The molecule has 0 unspecified atom stereocenters. The predicted molar refractivity (Wildman–Crippen MR) is 156 cm³/mol. The van der Waals surface area contributed by atoms with Gasteiger partial charge in [0.2, 0.25) is 0 Å². The second-order valence-electron chi connectivity index (χ2n) is 10.9. The first-order chi connectivity index (χ1) is 21.4. The summed E-state index contributed by atoms with van der Waals surface area (Å²) in [6.45, 7) is -0.135. The number of carbonyl (C=O) groups excluding carboxylic acids is 4. The number of hydrogen-bond donors (Lipinski definition) is 2. The largest absolute Gasteiger partial charge is 0.486 e. The van der Waals surface area contributed by atoms with Gasteiger partial charge in [0.05, 0.1) is 41.9 Å². The standard InChI is InChI=1S/C33H32FN3O7/c1-35-31(39)25-15-20(14-24-28(19-8-3-2-4-9-19)26(16-34)44-29(24)25)30(38)36-13-7-12-27-42-17-21(18-43-27)37-32(40)22-10-5-6-11-23(22)33(37)41/h2-6,8-11,14-15,21,26-28H,7,12-13,16-18H2,1H3,(H,35,39)(H,36,38)/t21?,26-,27?,28+/m1/s1. The lowest BCUT2D eigenvalue weighted by atomic mass is 9.86. The fourth-order valence-corrected chi connectivity index (χ4v) is 6.00. The van der Waals surface area contributed by atoms with Gasteiger partial charge in [-0.3, -0.25) is 24.1 Å². The van der Waals surface area contributed by atoms with E-state index in [1.165, 1.54) is 18.0 Å². The number of alkyl halides is 1. The SMILES string of the molecule is CNC(=O)c1cc(C(=O)NCCCC2OCC(N3C(=O)c4ccccc4C3=O)CO2)cc2c1O[C@H](CF)[C@H]2c1ccccc1. The molecule has 1 fully saturated rings. The quantitative estimate of drug-likeness (QED) is 0.285. The first-order valence-electron chi connectivity index (χ1n) is 14.6. The van der Waals surface area contributed by atoms with E-state index < -0.39 is 36.9 Å². The zero-order valence-electron chi connectivity index (χ0n) is 24.1. The lowest BCUT2D eigenvalue weighted by Crippen LogP contribution is -2.49. The van der Waals surface area contributed by atoms with E-state index in [0.29, 0.717) is 36.1 Å². The summed E-state index contributed by atoms with van der Waals surface area (Å²) in [4.78, 5) is 52.6. The molecule has 0 bridgehead atoms. The van der Waals surface area contributed by atoms with E-state index in [1.54, 1.807) is 30.3 Å². The number of benzene rings is 3. The Balaban J connectivity index is 1.06. The summed E-state index contributed by atoms with van der Waals surface area (Å²) in [5.41, 5.74) is 2.61. The molecule has 2 atom stereocenters. The number of amides is 4. The van der Waals surface area contributed by atoms with Gasteiger partial charge in [-0.25, -0.2) is 4.39 Å². The van der Waals surface area contributed by atoms with Crippen LogP contribution in [0, 0.1) is 0 Å². The van der Waals surface area contributed by atoms with Gasteiger partial charge in [-0.15, -0.1) is 0 Å². The van der Waals surface area contributed by atoms with Crippen molar-refractivity contribution < 1.29 is 37.8 Å². The third-order valence-corrected chi connectivity index (χ3v) is 8.18. The molecular weight excluding hydrogens is 569 g/mol. The van der Waals surface area contributed by atoms with Crippen LogP contribution in [0.2, 0.25) is 0 Å². The number of fused-ring (bicyclic) bond motifs is 2. The van der Waals surface area contributed by atoms with Crippen LogP contribution in [0.4, 0.5) is 4.39 Å². The zero-order chi connectivity index (χ0) is 30.8. The van der Waals surface area contributed by atoms with Crippen LogP contribution >= 0.6 is 0 Å². The molecule has 0 spiro atoms. The highest BCUT2D eigenvalue weighted by Crippen LogP contribution is 2.45. The van der Waals surface area contributed by atoms with Gasteiger partial charge in [-0.1, -0.05) is 42.5 Å². The van der Waals surface area contributed by atoms with E-state index in [1.807, 2.05) is 30.3 Å². The number of carbonyl (C=O) groups is 4. The Bertz CT molecular complexity index is 1550. The smallest absolute Gasteiger partial charge is 0.261 e. The Morgan fingerprint density at radius 3 is 2.23 bits per heavy atom. The average molecular weight is 602 g/mol. The Kier molecular flexibility index (Phi) is 8.40. The highest BCUT2D eigenvalue weighted by molar-refractivity contribution is 6.21. The van der Waals surface area contributed by atoms with Crippen LogP contribution in [0.5, 0.6) is 5.75 Å². The van der Waals surface area contributed by atoms with E-state index in [-0.39, 0.29) is 47.8 Å². The normalized spacial score (nSPS) is 22.3. The van der Waals surface area contributed by atoms with Gasteiger partial charge >= 0.3 is 0 Å². The number of nitrogens with zero attached hydrogens (tertiary/aromatic N) is 1. The maximum absolute atomic E-state index is 14.1. The van der Waals surface area contributed by atoms with Crippen LogP contribution in [0.1, 0.15) is 71.3 Å². The van der Waals surface area contributed by atoms with Gasteiger partial charge in [-0.2, -0.15) is 0 Å². The molecule has 1 saturated heterocycles. The Morgan fingerprint density at radius 1 is 0.932 bits per heavy atom. The van der Waals surface area contributed by atoms with Crippen molar-refractivity contribution in [1.82, 2.24) is 15.5 Å². The molecule has 6 rings (SSSR count). The molecule has 11 heteroatoms. The van der Waals surface area contributed by atoms with Crippen molar-refractivity contribution in [2.45, 2.75) is 37.2 Å². The first kappa shape index (κ1) is 29.5. The summed E-state index contributed by atoms with van der Waals surface area (Å²) in [5, 5.41) is 5.45. The van der Waals surface area contributed by atoms with Crippen LogP contribution in [0.3, 0.4) is 0 Å². The van der Waals surface area contributed by atoms with Crippen molar-refractivity contribution in [3.63, 3.8) is 0 Å². The summed E-state index contributed by atoms with van der Waals surface area (Å²) in [7, 11) is 1.48. The molecule has 10 nitrogen and oxygen atoms in total. The second-order valence-corrected chi connectivity index (χ2v) is 10.9. The number of rotatable bonds is 9. The van der Waals surface area contributed by atoms with Crippen molar-refractivity contribution >= 4 is 23.6 Å². The van der Waals surface area contributed by atoms with Crippen LogP contribution in [-0.4, -0.2) is 80.4 Å². The highest BCUT2D eigenvalue weighted by Gasteiger charge is 2.42. The van der Waals surface area contributed by atoms with Crippen molar-refractivity contribution in [3.8, 4) is 5.75 Å². The van der Waals surface area contributed by atoms with Gasteiger partial charge in [0.25, 0.3) is 23.6 Å². The molecule has 4 amide bonds. The topological polar surface area (TPSA) is 123 Å². The van der Waals surface area contributed by atoms with Crippen molar-refractivity contribution in [3.05, 3.63) is 100 Å². The minimum Gasteiger partial charge on any atom is -0.486 e. The van der Waals surface area contributed by atoms with Crippen LogP contribution in [0.25, 0.3) is 0 Å². The summed E-state index contributed by atoms with van der Waals surface area (Å²) in [6, 6.07) is 18.6. The first-order valence-corrected chi connectivity index (χ1v) is 14.6. The van der Waals surface area contributed by atoms with Gasteiger partial charge in [0.1, 0.15) is 18.5 Å². The Hall–Kier alpha value is -4.61. The molecule has 3 aliphatic heterocycles. The number of imide groups is 1. The van der Waals surface area contributed by atoms with Crippen molar-refractivity contribution in [1.29, 1.82) is 0 Å². The summed E-state index contributed by atoms with van der Waals surface area (Å²) in [6.07, 6.45) is -0.354. The maximum Gasteiger partial charge on any atom is 0.261 e. The number of ether oxygens (including phenoxy) is 3. The van der Waals surface area contributed by atoms with Crippen molar-refractivity contribution in [2.75, 3.05) is 33.5 Å². The molecule has 3 aromatic rings. The highest BCUT2D eigenvalue weighted by atomic mass is 19.1. The monoisotopic (exact) mass is 601 g/mol. The Morgan fingerprint density at radius 2 is 1.59 bits per heavy atom. The molecule has 0 radical (unpaired) electrons. The molecule has 0 saturated carbocycles. The lowest BCUT2D eigenvalue weighted by molar-refractivity contribution is -0.199. The van der Waals surface area contributed by atoms with E-state index in [0.717, 1.165) is 5.56 Å². The minimum absolute atomic E-state index is 0.157. The molecule has 0 aliphatic carbocycles. The average Bonchev–Trinajstić information content (AvgIpc) is 3.57. The van der Waals surface area contributed by atoms with Crippen LogP contribution in [-0.2, 0) is 9.47 Å². The van der Waals surface area contributed by atoms with Crippen LogP contribution < -0.4 is 15.4 Å². The molecule has 0 aromatic heterocycles. The van der Waals surface area contributed by atoms with Gasteiger partial charge < -0.3 is 24.8 Å². The molecule has 228 valence electrons. The second kappa shape index (κ2) is 12.6. The number of hydrogen-bond acceptors (Lipinski definition) is 7. The van der Waals surface area contributed by atoms with Gasteiger partial charge in [-0.05, 0) is 36.2 Å². The fourth-order valence-electron chi connectivity index (χ4n) is 6.00. The molecule has 3 heterocycles. The van der Waals surface area contributed by atoms with E-state index in [2.05, 4.69) is 10.6 Å². The number of nitrogens with one attached hydrogen (secondary N) is 2.